The third-order valence-corrected chi connectivity index (χ3v) is 3.41. The van der Waals surface area contributed by atoms with E-state index in [1.54, 1.807) is 11.3 Å². The molecule has 0 saturated carbocycles. The monoisotopic (exact) mass is 295 g/mol. The maximum absolute atomic E-state index is 11.4. The van der Waals surface area contributed by atoms with Crippen molar-refractivity contribution in [2.45, 2.75) is 19.9 Å². The van der Waals surface area contributed by atoms with Gasteiger partial charge in [-0.1, -0.05) is 12.1 Å². The van der Waals surface area contributed by atoms with Crippen LogP contribution in [0.3, 0.4) is 0 Å². The number of hydrogen-bond acceptors (Lipinski definition) is 7. The summed E-state index contributed by atoms with van der Waals surface area (Å²) in [5.74, 6) is 0.815. The summed E-state index contributed by atoms with van der Waals surface area (Å²) in [5, 5.41) is 7.88. The van der Waals surface area contributed by atoms with Crippen LogP contribution in [0.4, 0.5) is 0 Å². The quantitative estimate of drug-likeness (QED) is 0.729. The molecule has 0 aliphatic carbocycles. The van der Waals surface area contributed by atoms with Crippen molar-refractivity contribution in [1.82, 2.24) is 15.0 Å². The number of aromatic nitrogens is 2. The minimum absolute atomic E-state index is 0.223. The molecule has 0 bridgehead atoms. The minimum atomic E-state index is -0.268. The van der Waals surface area contributed by atoms with Crippen molar-refractivity contribution in [1.29, 1.82) is 0 Å². The van der Waals surface area contributed by atoms with Crippen LogP contribution in [0.5, 0.6) is 0 Å². The Morgan fingerprint density at radius 2 is 2.40 bits per heavy atom. The van der Waals surface area contributed by atoms with Crippen LogP contribution in [0.25, 0.3) is 11.4 Å². The molecule has 0 saturated heterocycles. The van der Waals surface area contributed by atoms with Gasteiger partial charge in [0.05, 0.1) is 20.2 Å². The molecule has 2 aromatic rings. The lowest BCUT2D eigenvalue weighted by atomic mass is 10.3. The number of nitrogens with zero attached hydrogens (tertiary/aromatic N) is 3. The third kappa shape index (κ3) is 3.88. The molecular weight excluding hydrogens is 278 g/mol. The van der Waals surface area contributed by atoms with E-state index < -0.39 is 0 Å². The number of carbonyl (C=O) groups is 1. The second-order valence-electron chi connectivity index (χ2n) is 4.31. The van der Waals surface area contributed by atoms with E-state index >= 15 is 0 Å². The van der Waals surface area contributed by atoms with E-state index in [2.05, 4.69) is 21.8 Å². The van der Waals surface area contributed by atoms with Gasteiger partial charge in [0.15, 0.2) is 0 Å². The van der Waals surface area contributed by atoms with E-state index in [-0.39, 0.29) is 12.5 Å². The highest BCUT2D eigenvalue weighted by Crippen LogP contribution is 2.19. The number of methoxy groups -OCH3 is 1. The van der Waals surface area contributed by atoms with Gasteiger partial charge in [-0.2, -0.15) is 16.3 Å². The Morgan fingerprint density at radius 1 is 1.55 bits per heavy atom. The van der Waals surface area contributed by atoms with Crippen LogP contribution >= 0.6 is 11.3 Å². The van der Waals surface area contributed by atoms with Crippen LogP contribution in [0.2, 0.25) is 0 Å². The highest BCUT2D eigenvalue weighted by molar-refractivity contribution is 7.08. The van der Waals surface area contributed by atoms with Gasteiger partial charge in [0.2, 0.25) is 11.7 Å². The first-order valence-corrected chi connectivity index (χ1v) is 7.31. The number of rotatable bonds is 7. The standard InChI is InChI=1S/C13H17N3O3S/c1-3-5-16(8-12(17)18-2)7-11-14-13(15-19-11)10-4-6-20-9-10/h4,6,9H,3,5,7-8H2,1-2H3. The Labute approximate surface area is 121 Å². The van der Waals surface area contributed by atoms with Crippen LogP contribution in [0.1, 0.15) is 19.2 Å². The van der Waals surface area contributed by atoms with Crippen molar-refractivity contribution in [2.75, 3.05) is 20.2 Å². The summed E-state index contributed by atoms with van der Waals surface area (Å²) in [4.78, 5) is 17.6. The number of ether oxygens (including phenoxy) is 1. The average molecular weight is 295 g/mol. The van der Waals surface area contributed by atoms with Gasteiger partial charge in [-0.3, -0.25) is 9.69 Å². The van der Waals surface area contributed by atoms with Gasteiger partial charge in [0.25, 0.3) is 0 Å². The number of carbonyl (C=O) groups excluding carboxylic acids is 1. The summed E-state index contributed by atoms with van der Waals surface area (Å²) in [6.45, 7) is 3.49. The Kier molecular flexibility index (Phi) is 5.25. The fourth-order valence-electron chi connectivity index (χ4n) is 1.80. The van der Waals surface area contributed by atoms with Gasteiger partial charge in [-0.05, 0) is 24.4 Å². The van der Waals surface area contributed by atoms with E-state index in [9.17, 15) is 4.79 Å². The molecule has 0 aromatic carbocycles. The van der Waals surface area contributed by atoms with Crippen LogP contribution in [-0.2, 0) is 16.1 Å². The van der Waals surface area contributed by atoms with Crippen molar-refractivity contribution in [3.8, 4) is 11.4 Å². The van der Waals surface area contributed by atoms with E-state index in [1.807, 2.05) is 21.7 Å². The molecular formula is C13H17N3O3S. The Morgan fingerprint density at radius 3 is 3.05 bits per heavy atom. The zero-order valence-electron chi connectivity index (χ0n) is 11.5. The summed E-state index contributed by atoms with van der Waals surface area (Å²) in [7, 11) is 1.38. The molecule has 0 atom stereocenters. The summed E-state index contributed by atoms with van der Waals surface area (Å²) in [6, 6.07) is 1.94. The fourth-order valence-corrected chi connectivity index (χ4v) is 2.43. The summed E-state index contributed by atoms with van der Waals surface area (Å²) < 4.78 is 9.91. The predicted octanol–water partition coefficient (Wildman–Crippen LogP) is 2.18. The maximum Gasteiger partial charge on any atom is 0.319 e. The maximum atomic E-state index is 11.4. The molecule has 0 fully saturated rings. The smallest absolute Gasteiger partial charge is 0.319 e. The second-order valence-corrected chi connectivity index (χ2v) is 5.09. The third-order valence-electron chi connectivity index (χ3n) is 2.73. The van der Waals surface area contributed by atoms with Crippen molar-refractivity contribution in [2.24, 2.45) is 0 Å². The first kappa shape index (κ1) is 14.7. The molecule has 20 heavy (non-hydrogen) atoms. The molecule has 0 amide bonds. The molecule has 2 aromatic heterocycles. The molecule has 6 nitrogen and oxygen atoms in total. The molecule has 2 rings (SSSR count). The summed E-state index contributed by atoms with van der Waals surface area (Å²) >= 11 is 1.58. The predicted molar refractivity (Wildman–Crippen MR) is 75.2 cm³/mol. The first-order valence-electron chi connectivity index (χ1n) is 6.37. The lowest BCUT2D eigenvalue weighted by Crippen LogP contribution is -2.31. The van der Waals surface area contributed by atoms with Crippen molar-refractivity contribution < 1.29 is 14.1 Å². The van der Waals surface area contributed by atoms with Crippen LogP contribution in [0, 0.1) is 0 Å². The Bertz CT molecular complexity index is 539. The first-order chi connectivity index (χ1) is 9.72. The molecule has 0 unspecified atom stereocenters. The molecule has 0 radical (unpaired) electrons. The molecule has 7 heteroatoms. The van der Waals surface area contributed by atoms with Gasteiger partial charge in [-0.15, -0.1) is 0 Å². The van der Waals surface area contributed by atoms with Crippen molar-refractivity contribution >= 4 is 17.3 Å². The van der Waals surface area contributed by atoms with Crippen molar-refractivity contribution in [3.05, 3.63) is 22.7 Å². The molecule has 0 aliphatic heterocycles. The molecule has 0 aliphatic rings. The average Bonchev–Trinajstić information content (AvgIpc) is 3.08. The van der Waals surface area contributed by atoms with Crippen LogP contribution in [0.15, 0.2) is 21.3 Å². The number of esters is 1. The highest BCUT2D eigenvalue weighted by atomic mass is 32.1. The van der Waals surface area contributed by atoms with Crippen molar-refractivity contribution in [3.63, 3.8) is 0 Å². The second kappa shape index (κ2) is 7.16. The van der Waals surface area contributed by atoms with Gasteiger partial charge < -0.3 is 9.26 Å². The van der Waals surface area contributed by atoms with E-state index in [1.165, 1.54) is 7.11 Å². The largest absolute Gasteiger partial charge is 0.468 e. The number of hydrogen-bond donors (Lipinski definition) is 0. The van der Waals surface area contributed by atoms with Crippen LogP contribution < -0.4 is 0 Å². The van der Waals surface area contributed by atoms with Gasteiger partial charge in [0.1, 0.15) is 0 Å². The zero-order valence-corrected chi connectivity index (χ0v) is 12.4. The summed E-state index contributed by atoms with van der Waals surface area (Å²) in [6.07, 6.45) is 0.933. The fraction of sp³-hybridized carbons (Fsp3) is 0.462. The summed E-state index contributed by atoms with van der Waals surface area (Å²) in [5.41, 5.74) is 0.944. The lowest BCUT2D eigenvalue weighted by molar-refractivity contribution is -0.142. The van der Waals surface area contributed by atoms with Gasteiger partial charge in [0, 0.05) is 10.9 Å². The van der Waals surface area contributed by atoms with E-state index in [0.29, 0.717) is 18.3 Å². The van der Waals surface area contributed by atoms with Crippen LogP contribution in [-0.4, -0.2) is 41.2 Å². The molecule has 2 heterocycles. The Balaban J connectivity index is 2.01. The van der Waals surface area contributed by atoms with Gasteiger partial charge in [-0.25, -0.2) is 0 Å². The zero-order chi connectivity index (χ0) is 14.4. The molecule has 0 spiro atoms. The lowest BCUT2D eigenvalue weighted by Gasteiger charge is -2.17. The SMILES string of the molecule is CCCN(CC(=O)OC)Cc1nc(-c2ccsc2)no1. The topological polar surface area (TPSA) is 68.5 Å². The highest BCUT2D eigenvalue weighted by Gasteiger charge is 2.15. The molecule has 108 valence electrons. The van der Waals surface area contributed by atoms with E-state index in [0.717, 1.165) is 18.5 Å². The molecule has 0 N–H and O–H groups in total. The van der Waals surface area contributed by atoms with E-state index in [4.69, 9.17) is 4.52 Å². The van der Waals surface area contributed by atoms with Gasteiger partial charge >= 0.3 is 5.97 Å². The normalized spacial score (nSPS) is 10.9. The number of thiophene rings is 1. The Hall–Kier alpha value is -1.73. The minimum Gasteiger partial charge on any atom is -0.468 e.